The number of esters is 1. The molecular weight excluding hydrogens is 844 g/mol. The first-order chi connectivity index (χ1) is 31.9. The number of unbranched alkanes of at least 4 members (excludes halogenated alkanes) is 30. The summed E-state index contributed by atoms with van der Waals surface area (Å²) in [5.41, 5.74) is 0. The van der Waals surface area contributed by atoms with Crippen molar-refractivity contribution in [3.63, 3.8) is 0 Å². The molecule has 0 spiro atoms. The van der Waals surface area contributed by atoms with Gasteiger partial charge in [0.05, 0.1) is 33.8 Å². The van der Waals surface area contributed by atoms with E-state index in [-0.39, 0.29) is 18.9 Å². The van der Waals surface area contributed by atoms with Crippen molar-refractivity contribution >= 4 is 19.7 Å². The topological polar surface area (TPSA) is 114 Å². The van der Waals surface area contributed by atoms with Crippen LogP contribution >= 0.6 is 7.82 Å². The first kappa shape index (κ1) is 64.2. The van der Waals surface area contributed by atoms with E-state index in [0.717, 1.165) is 51.4 Å². The van der Waals surface area contributed by atoms with Crippen LogP contribution in [0.3, 0.4) is 0 Å². The standard InChI is InChI=1S/C56H107N2O7P/c1-7-10-13-16-19-22-25-28-29-31-33-36-39-42-45-48-55(59)57-53(52-64-66(61,62)63-51-50-58(4,5)6)54(47-44-41-38-35-32-27-24-21-18-15-12-9-3)65-56(60)49-46-43-40-37-34-30-26-23-20-17-14-11-8-2/h30,34,40,43-44,47,53-54H,7-29,31-33,35-39,41-42,45-46,48-52H2,1-6H3,(H-,57,59,61,62)/b34-30-,43-40+,47-44+. The fraction of sp³-hybridized carbons (Fsp3) is 0.857. The Labute approximate surface area is 408 Å². The summed E-state index contributed by atoms with van der Waals surface area (Å²) in [5, 5.41) is 3.00. The number of quaternary nitrogens is 1. The van der Waals surface area contributed by atoms with E-state index in [1.165, 1.54) is 167 Å². The summed E-state index contributed by atoms with van der Waals surface area (Å²) in [7, 11) is 1.17. The minimum atomic E-state index is -4.70. The van der Waals surface area contributed by atoms with Crippen LogP contribution < -0.4 is 10.2 Å². The summed E-state index contributed by atoms with van der Waals surface area (Å²) in [6, 6.07) is -0.904. The third-order valence-electron chi connectivity index (χ3n) is 12.3. The van der Waals surface area contributed by atoms with E-state index in [4.69, 9.17) is 13.8 Å². The van der Waals surface area contributed by atoms with Gasteiger partial charge in [-0.1, -0.05) is 231 Å². The van der Waals surface area contributed by atoms with Crippen LogP contribution in [-0.4, -0.2) is 69.4 Å². The zero-order valence-electron chi connectivity index (χ0n) is 44.2. The van der Waals surface area contributed by atoms with Gasteiger partial charge in [-0.2, -0.15) is 0 Å². The third-order valence-corrected chi connectivity index (χ3v) is 13.3. The molecule has 1 amide bonds. The number of phosphoric ester groups is 1. The lowest BCUT2D eigenvalue weighted by molar-refractivity contribution is -0.870. The van der Waals surface area contributed by atoms with Gasteiger partial charge >= 0.3 is 5.97 Å². The summed E-state index contributed by atoms with van der Waals surface area (Å²) in [4.78, 5) is 39.7. The number of phosphoric acid groups is 1. The van der Waals surface area contributed by atoms with Crippen LogP contribution in [0.2, 0.25) is 0 Å². The van der Waals surface area contributed by atoms with Gasteiger partial charge in [0.1, 0.15) is 19.3 Å². The van der Waals surface area contributed by atoms with Gasteiger partial charge in [0, 0.05) is 12.8 Å². The van der Waals surface area contributed by atoms with Gasteiger partial charge in [-0.05, 0) is 51.0 Å². The Morgan fingerprint density at radius 3 is 1.39 bits per heavy atom. The number of hydrogen-bond acceptors (Lipinski definition) is 7. The summed E-state index contributed by atoms with van der Waals surface area (Å²) < 4.78 is 30.1. The highest BCUT2D eigenvalue weighted by molar-refractivity contribution is 7.45. The fourth-order valence-corrected chi connectivity index (χ4v) is 8.71. The van der Waals surface area contributed by atoms with Crippen molar-refractivity contribution in [3.05, 3.63) is 36.5 Å². The molecule has 3 atom stereocenters. The second-order valence-electron chi connectivity index (χ2n) is 20.1. The molecule has 0 aromatic carbocycles. The number of rotatable bonds is 50. The van der Waals surface area contributed by atoms with E-state index in [2.05, 4.69) is 44.3 Å². The van der Waals surface area contributed by atoms with Crippen molar-refractivity contribution < 1.29 is 37.3 Å². The molecule has 0 aliphatic rings. The maximum absolute atomic E-state index is 13.4. The lowest BCUT2D eigenvalue weighted by Gasteiger charge is -2.30. The number of allylic oxidation sites excluding steroid dienone is 5. The van der Waals surface area contributed by atoms with Gasteiger partial charge in [0.25, 0.3) is 7.82 Å². The molecule has 9 nitrogen and oxygen atoms in total. The minimum absolute atomic E-state index is 0.0277. The highest BCUT2D eigenvalue weighted by atomic mass is 31.2. The van der Waals surface area contributed by atoms with Gasteiger partial charge in [-0.3, -0.25) is 14.2 Å². The first-order valence-electron chi connectivity index (χ1n) is 27.8. The number of hydrogen-bond donors (Lipinski definition) is 1. The van der Waals surface area contributed by atoms with Crippen molar-refractivity contribution in [2.75, 3.05) is 40.9 Å². The Morgan fingerprint density at radius 2 is 0.939 bits per heavy atom. The first-order valence-corrected chi connectivity index (χ1v) is 29.3. The van der Waals surface area contributed by atoms with Crippen LogP contribution in [0, 0.1) is 0 Å². The summed E-state index contributed by atoms with van der Waals surface area (Å²) >= 11 is 0. The van der Waals surface area contributed by atoms with Gasteiger partial charge in [-0.25, -0.2) is 0 Å². The van der Waals surface area contributed by atoms with Crippen LogP contribution in [0.4, 0.5) is 0 Å². The van der Waals surface area contributed by atoms with Gasteiger partial charge in [-0.15, -0.1) is 0 Å². The molecule has 0 rings (SSSR count). The van der Waals surface area contributed by atoms with Crippen molar-refractivity contribution in [1.82, 2.24) is 5.32 Å². The number of likely N-dealkylation sites (N-methyl/N-ethyl adjacent to an activating group) is 1. The lowest BCUT2D eigenvalue weighted by Crippen LogP contribution is -2.47. The highest BCUT2D eigenvalue weighted by Crippen LogP contribution is 2.38. The smallest absolute Gasteiger partial charge is 0.306 e. The molecule has 10 heteroatoms. The molecule has 0 heterocycles. The summed E-state index contributed by atoms with van der Waals surface area (Å²) in [6.45, 7) is 6.80. The Kier molecular flexibility index (Phi) is 45.7. The van der Waals surface area contributed by atoms with E-state index in [0.29, 0.717) is 23.9 Å². The van der Waals surface area contributed by atoms with Crippen LogP contribution in [0.25, 0.3) is 0 Å². The van der Waals surface area contributed by atoms with Crippen molar-refractivity contribution in [1.29, 1.82) is 0 Å². The molecule has 0 aliphatic heterocycles. The normalized spacial score (nSPS) is 14.1. The van der Waals surface area contributed by atoms with Crippen molar-refractivity contribution in [2.24, 2.45) is 0 Å². The number of amides is 1. The van der Waals surface area contributed by atoms with E-state index in [1.54, 1.807) is 0 Å². The third kappa shape index (κ3) is 47.3. The van der Waals surface area contributed by atoms with E-state index >= 15 is 0 Å². The van der Waals surface area contributed by atoms with Crippen LogP contribution in [0.15, 0.2) is 36.5 Å². The summed E-state index contributed by atoms with van der Waals surface area (Å²) in [5.74, 6) is -0.611. The molecule has 0 saturated carbocycles. The summed E-state index contributed by atoms with van der Waals surface area (Å²) in [6.07, 6.45) is 54.0. The van der Waals surface area contributed by atoms with Gasteiger partial charge < -0.3 is 28.5 Å². The molecular formula is C56H107N2O7P. The van der Waals surface area contributed by atoms with Gasteiger partial charge in [0.2, 0.25) is 5.91 Å². The number of nitrogens with zero attached hydrogens (tertiary/aromatic N) is 1. The van der Waals surface area contributed by atoms with Gasteiger partial charge in [0.15, 0.2) is 0 Å². The molecule has 388 valence electrons. The molecule has 66 heavy (non-hydrogen) atoms. The SMILES string of the molecule is CCCCCCCC/C=C\C/C=C/CCC(=O)OC(/C=C/CCCCCCCCCCCC)C(COP(=O)([O-])OCC[N+](C)(C)C)NC(=O)CCCCCCCCCCCCCCCCC. The Morgan fingerprint density at radius 1 is 0.530 bits per heavy atom. The second-order valence-corrected chi connectivity index (χ2v) is 21.5. The monoisotopic (exact) mass is 951 g/mol. The average molecular weight is 951 g/mol. The number of carbonyl (C=O) groups is 2. The predicted octanol–water partition coefficient (Wildman–Crippen LogP) is 15.8. The van der Waals surface area contributed by atoms with Crippen molar-refractivity contribution in [3.8, 4) is 0 Å². The van der Waals surface area contributed by atoms with Crippen LogP contribution in [-0.2, 0) is 27.9 Å². The molecule has 1 N–H and O–H groups in total. The minimum Gasteiger partial charge on any atom is -0.756 e. The molecule has 0 aromatic heterocycles. The molecule has 0 radical (unpaired) electrons. The Bertz CT molecular complexity index is 1230. The molecule has 0 bridgehead atoms. The van der Waals surface area contributed by atoms with Crippen LogP contribution in [0.5, 0.6) is 0 Å². The molecule has 0 aromatic rings. The van der Waals surface area contributed by atoms with Crippen LogP contribution in [0.1, 0.15) is 258 Å². The molecule has 3 unspecified atom stereocenters. The Balaban J connectivity index is 5.43. The zero-order chi connectivity index (χ0) is 48.7. The molecule has 0 aliphatic carbocycles. The molecule has 0 fully saturated rings. The highest BCUT2D eigenvalue weighted by Gasteiger charge is 2.27. The number of carbonyl (C=O) groups excluding carboxylic acids is 2. The quantitative estimate of drug-likeness (QED) is 0.0212. The predicted molar refractivity (Wildman–Crippen MR) is 279 cm³/mol. The van der Waals surface area contributed by atoms with E-state index < -0.39 is 32.5 Å². The average Bonchev–Trinajstić information content (AvgIpc) is 3.27. The molecule has 0 saturated heterocycles. The number of nitrogens with one attached hydrogen (secondary N) is 1. The maximum atomic E-state index is 13.4. The van der Waals surface area contributed by atoms with Crippen molar-refractivity contribution in [2.45, 2.75) is 270 Å². The maximum Gasteiger partial charge on any atom is 0.306 e. The second kappa shape index (κ2) is 46.9. The lowest BCUT2D eigenvalue weighted by atomic mass is 10.0. The number of ether oxygens (including phenoxy) is 1. The van der Waals surface area contributed by atoms with E-state index in [1.807, 2.05) is 39.4 Å². The Hall–Kier alpha value is -1.77. The fourth-order valence-electron chi connectivity index (χ4n) is 7.99. The zero-order valence-corrected chi connectivity index (χ0v) is 45.0. The largest absolute Gasteiger partial charge is 0.756 e. The van der Waals surface area contributed by atoms with E-state index in [9.17, 15) is 19.0 Å².